The normalized spacial score (nSPS) is 17.2. The molecule has 3 rings (SSSR count). The van der Waals surface area contributed by atoms with Crippen LogP contribution in [0.5, 0.6) is 0 Å². The molecule has 0 saturated carbocycles. The topological polar surface area (TPSA) is 33.1 Å². The molecule has 1 fully saturated rings. The van der Waals surface area contributed by atoms with E-state index in [1.165, 1.54) is 29.6 Å². The van der Waals surface area contributed by atoms with Crippen LogP contribution >= 0.6 is 15.9 Å². The van der Waals surface area contributed by atoms with Crippen LogP contribution in [-0.2, 0) is 13.5 Å². The van der Waals surface area contributed by atoms with Crippen molar-refractivity contribution in [3.05, 3.63) is 28.4 Å². The molecule has 0 spiro atoms. The smallest absolute Gasteiger partial charge is 0.135 e. The van der Waals surface area contributed by atoms with E-state index in [1.54, 1.807) is 0 Å². The largest absolute Gasteiger partial charge is 0.314 e. The minimum absolute atomic E-state index is 0.929. The Balaban J connectivity index is 1.72. The number of benzene rings is 1. The van der Waals surface area contributed by atoms with Gasteiger partial charge < -0.3 is 10.2 Å². The van der Waals surface area contributed by atoms with Crippen molar-refractivity contribution in [2.75, 3.05) is 32.7 Å². The van der Waals surface area contributed by atoms with E-state index in [0.717, 1.165) is 30.7 Å². The summed E-state index contributed by atoms with van der Waals surface area (Å²) in [5.41, 5.74) is 2.59. The monoisotopic (exact) mass is 322 g/mol. The van der Waals surface area contributed by atoms with Gasteiger partial charge in [0.05, 0.1) is 5.52 Å². The van der Waals surface area contributed by atoms with Crippen LogP contribution in [0.3, 0.4) is 0 Å². The number of rotatable bonds is 3. The van der Waals surface area contributed by atoms with Gasteiger partial charge in [0, 0.05) is 45.2 Å². The third kappa shape index (κ3) is 2.83. The molecule has 19 heavy (non-hydrogen) atoms. The fraction of sp³-hybridized carbons (Fsp3) is 0.500. The average molecular weight is 323 g/mol. The predicted octanol–water partition coefficient (Wildman–Crippen LogP) is 1.78. The number of nitrogens with one attached hydrogen (secondary N) is 1. The van der Waals surface area contributed by atoms with Crippen molar-refractivity contribution in [1.29, 1.82) is 0 Å². The molecule has 0 atom stereocenters. The highest BCUT2D eigenvalue weighted by atomic mass is 79.9. The molecule has 0 unspecified atom stereocenters. The third-order valence-corrected chi connectivity index (χ3v) is 4.38. The maximum absolute atomic E-state index is 4.40. The molecule has 0 radical (unpaired) electrons. The second-order valence-electron chi connectivity index (χ2n) is 5.11. The van der Waals surface area contributed by atoms with Crippen LogP contribution < -0.4 is 5.32 Å². The molecule has 0 bridgehead atoms. The lowest BCUT2D eigenvalue weighted by Crippen LogP contribution is -2.44. The third-order valence-electron chi connectivity index (χ3n) is 3.80. The molecule has 5 heteroatoms. The summed E-state index contributed by atoms with van der Waals surface area (Å²) in [6.07, 6.45) is 1.11. The molecular weight excluding hydrogens is 304 g/mol. The number of nitrogens with zero attached hydrogens (tertiary/aromatic N) is 3. The molecule has 1 aromatic carbocycles. The number of halogens is 1. The molecule has 102 valence electrons. The summed E-state index contributed by atoms with van der Waals surface area (Å²) >= 11 is 3.50. The van der Waals surface area contributed by atoms with Crippen molar-refractivity contribution < 1.29 is 0 Å². The fourth-order valence-electron chi connectivity index (χ4n) is 2.64. The van der Waals surface area contributed by atoms with E-state index in [4.69, 9.17) is 0 Å². The first-order chi connectivity index (χ1) is 9.24. The minimum Gasteiger partial charge on any atom is -0.314 e. The van der Waals surface area contributed by atoms with Gasteiger partial charge in [0.15, 0.2) is 0 Å². The molecule has 0 amide bonds. The first kappa shape index (κ1) is 13.1. The molecule has 1 N–H and O–H groups in total. The van der Waals surface area contributed by atoms with Crippen molar-refractivity contribution in [1.82, 2.24) is 20.0 Å². The van der Waals surface area contributed by atoms with Gasteiger partial charge in [0.25, 0.3) is 0 Å². The van der Waals surface area contributed by atoms with Gasteiger partial charge in [-0.2, -0.15) is 5.10 Å². The number of hydrogen-bond donors (Lipinski definition) is 1. The van der Waals surface area contributed by atoms with Gasteiger partial charge in [-0.3, -0.25) is 4.68 Å². The lowest BCUT2D eigenvalue weighted by Gasteiger charge is -2.27. The Morgan fingerprint density at radius 1 is 1.32 bits per heavy atom. The molecule has 1 saturated heterocycles. The Labute approximate surface area is 121 Å². The SMILES string of the molecule is Cn1nc(Br)c2ccc(CCN3CCNCC3)cc21. The van der Waals surface area contributed by atoms with Gasteiger partial charge in [-0.1, -0.05) is 6.07 Å². The van der Waals surface area contributed by atoms with E-state index < -0.39 is 0 Å². The van der Waals surface area contributed by atoms with Crippen molar-refractivity contribution in [2.24, 2.45) is 7.05 Å². The first-order valence-electron chi connectivity index (χ1n) is 6.78. The quantitative estimate of drug-likeness (QED) is 0.935. The van der Waals surface area contributed by atoms with Gasteiger partial charge >= 0.3 is 0 Å². The summed E-state index contributed by atoms with van der Waals surface area (Å²) in [5, 5.41) is 8.97. The summed E-state index contributed by atoms with van der Waals surface area (Å²) in [6.45, 7) is 5.71. The lowest BCUT2D eigenvalue weighted by molar-refractivity contribution is 0.244. The summed E-state index contributed by atoms with van der Waals surface area (Å²) in [5.74, 6) is 0. The van der Waals surface area contributed by atoms with Gasteiger partial charge in [0.1, 0.15) is 4.60 Å². The van der Waals surface area contributed by atoms with Gasteiger partial charge in [-0.25, -0.2) is 0 Å². The summed E-state index contributed by atoms with van der Waals surface area (Å²) in [6, 6.07) is 6.64. The van der Waals surface area contributed by atoms with Crippen LogP contribution in [0.2, 0.25) is 0 Å². The van der Waals surface area contributed by atoms with E-state index in [1.807, 2.05) is 11.7 Å². The van der Waals surface area contributed by atoms with E-state index in [0.29, 0.717) is 0 Å². The van der Waals surface area contributed by atoms with Crippen molar-refractivity contribution in [3.8, 4) is 0 Å². The molecule has 1 aliphatic heterocycles. The molecule has 4 nitrogen and oxygen atoms in total. The number of piperazine rings is 1. The Bertz CT molecular complexity index is 572. The molecule has 0 aliphatic carbocycles. The van der Waals surface area contributed by atoms with E-state index in [9.17, 15) is 0 Å². The number of aryl methyl sites for hydroxylation is 1. The number of hydrogen-bond acceptors (Lipinski definition) is 3. The Morgan fingerprint density at radius 2 is 2.11 bits per heavy atom. The maximum Gasteiger partial charge on any atom is 0.135 e. The highest BCUT2D eigenvalue weighted by Gasteiger charge is 2.10. The summed E-state index contributed by atoms with van der Waals surface area (Å²) in [4.78, 5) is 2.53. The van der Waals surface area contributed by atoms with Crippen LogP contribution in [-0.4, -0.2) is 47.4 Å². The highest BCUT2D eigenvalue weighted by molar-refractivity contribution is 9.10. The van der Waals surface area contributed by atoms with E-state index >= 15 is 0 Å². The van der Waals surface area contributed by atoms with Crippen LogP contribution in [0.4, 0.5) is 0 Å². The van der Waals surface area contributed by atoms with Gasteiger partial charge in [0.2, 0.25) is 0 Å². The second-order valence-corrected chi connectivity index (χ2v) is 5.86. The summed E-state index contributed by atoms with van der Waals surface area (Å²) < 4.78 is 2.87. The zero-order valence-corrected chi connectivity index (χ0v) is 12.8. The molecule has 2 heterocycles. The zero-order valence-electron chi connectivity index (χ0n) is 11.2. The van der Waals surface area contributed by atoms with Crippen LogP contribution in [0.15, 0.2) is 22.8 Å². The van der Waals surface area contributed by atoms with Crippen LogP contribution in [0, 0.1) is 0 Å². The van der Waals surface area contributed by atoms with Crippen molar-refractivity contribution in [3.63, 3.8) is 0 Å². The van der Waals surface area contributed by atoms with Crippen LogP contribution in [0.25, 0.3) is 10.9 Å². The second kappa shape index (κ2) is 5.61. The van der Waals surface area contributed by atoms with Crippen LogP contribution in [0.1, 0.15) is 5.56 Å². The summed E-state index contributed by atoms with van der Waals surface area (Å²) in [7, 11) is 1.99. The first-order valence-corrected chi connectivity index (χ1v) is 7.57. The predicted molar refractivity (Wildman–Crippen MR) is 81.4 cm³/mol. The standard InChI is InChI=1S/C14H19BrN4/c1-18-13-10-11(2-3-12(13)14(15)17-18)4-7-19-8-5-16-6-9-19/h2-3,10,16H,4-9H2,1H3. The molecular formula is C14H19BrN4. The fourth-order valence-corrected chi connectivity index (χ4v) is 3.21. The van der Waals surface area contributed by atoms with E-state index in [-0.39, 0.29) is 0 Å². The molecule has 2 aromatic rings. The van der Waals surface area contributed by atoms with Crippen molar-refractivity contribution >= 4 is 26.8 Å². The number of fused-ring (bicyclic) bond motifs is 1. The lowest BCUT2D eigenvalue weighted by atomic mass is 10.1. The molecule has 1 aromatic heterocycles. The Hall–Kier alpha value is -0.910. The number of aromatic nitrogens is 2. The van der Waals surface area contributed by atoms with Crippen molar-refractivity contribution in [2.45, 2.75) is 6.42 Å². The highest BCUT2D eigenvalue weighted by Crippen LogP contribution is 2.23. The maximum atomic E-state index is 4.40. The van der Waals surface area contributed by atoms with Gasteiger partial charge in [-0.05, 0) is 40.0 Å². The van der Waals surface area contributed by atoms with Gasteiger partial charge in [-0.15, -0.1) is 0 Å². The molecule has 1 aliphatic rings. The zero-order chi connectivity index (χ0) is 13.2. The average Bonchev–Trinajstić information content (AvgIpc) is 2.73. The minimum atomic E-state index is 0.929. The Morgan fingerprint density at radius 3 is 2.89 bits per heavy atom. The van der Waals surface area contributed by atoms with E-state index in [2.05, 4.69) is 49.4 Å². The Kier molecular flexibility index (Phi) is 3.86.